The highest BCUT2D eigenvalue weighted by Gasteiger charge is 2.21. The molecule has 1 amide bonds. The highest BCUT2D eigenvalue weighted by molar-refractivity contribution is 7.12. The molecule has 4 nitrogen and oxygen atoms in total. The molecule has 0 saturated carbocycles. The van der Waals surface area contributed by atoms with Crippen LogP contribution in [0.3, 0.4) is 0 Å². The molecule has 0 unspecified atom stereocenters. The number of carboxylic acid groups (broad SMARTS) is 1. The maximum atomic E-state index is 12.2. The normalized spacial score (nSPS) is 11.8. The van der Waals surface area contributed by atoms with Gasteiger partial charge in [0.1, 0.15) is 6.04 Å². The third-order valence-electron chi connectivity index (χ3n) is 2.97. The van der Waals surface area contributed by atoms with Crippen molar-refractivity contribution in [1.29, 1.82) is 0 Å². The number of nitrogens with one attached hydrogen (secondary N) is 1. The van der Waals surface area contributed by atoms with Crippen LogP contribution in [0, 0.1) is 0 Å². The summed E-state index contributed by atoms with van der Waals surface area (Å²) in [6.45, 7) is 1.73. The van der Waals surface area contributed by atoms with Crippen LogP contribution in [0.4, 0.5) is 0 Å². The molecule has 2 N–H and O–H groups in total. The van der Waals surface area contributed by atoms with Crippen LogP contribution in [-0.4, -0.2) is 23.0 Å². The topological polar surface area (TPSA) is 66.4 Å². The van der Waals surface area contributed by atoms with Crippen molar-refractivity contribution < 1.29 is 14.7 Å². The van der Waals surface area contributed by atoms with Gasteiger partial charge in [0.25, 0.3) is 5.91 Å². The lowest BCUT2D eigenvalue weighted by molar-refractivity contribution is -0.139. The van der Waals surface area contributed by atoms with Crippen LogP contribution in [-0.2, 0) is 4.79 Å². The summed E-state index contributed by atoms with van der Waals surface area (Å²) in [5.74, 6) is -1.35. The minimum atomic E-state index is -1.02. The number of carbonyl (C=O) groups excluding carboxylic acids is 1. The van der Waals surface area contributed by atoms with E-state index in [1.165, 1.54) is 11.3 Å². The molecule has 0 spiro atoms. The Balaban J connectivity index is 2.24. The maximum absolute atomic E-state index is 12.2. The number of thiophene rings is 1. The first-order valence-electron chi connectivity index (χ1n) is 6.30. The average molecular weight is 289 g/mol. The van der Waals surface area contributed by atoms with Crippen molar-refractivity contribution in [3.63, 3.8) is 0 Å². The monoisotopic (exact) mass is 289 g/mol. The molecule has 5 heteroatoms. The van der Waals surface area contributed by atoms with Gasteiger partial charge in [0.15, 0.2) is 0 Å². The second-order valence-electron chi connectivity index (χ2n) is 4.30. The van der Waals surface area contributed by atoms with E-state index >= 15 is 0 Å². The van der Waals surface area contributed by atoms with Crippen molar-refractivity contribution in [3.05, 3.63) is 46.7 Å². The van der Waals surface area contributed by atoms with E-state index in [1.807, 2.05) is 41.8 Å². The van der Waals surface area contributed by atoms with Gasteiger partial charge in [-0.1, -0.05) is 37.3 Å². The number of carboxylic acids is 1. The van der Waals surface area contributed by atoms with Crippen LogP contribution in [0.15, 0.2) is 41.8 Å². The van der Waals surface area contributed by atoms with Crippen LogP contribution in [0.2, 0.25) is 0 Å². The molecule has 2 aromatic rings. The molecule has 0 aliphatic rings. The van der Waals surface area contributed by atoms with Gasteiger partial charge in [-0.3, -0.25) is 4.79 Å². The van der Waals surface area contributed by atoms with Gasteiger partial charge in [0, 0.05) is 5.56 Å². The fraction of sp³-hybridized carbons (Fsp3) is 0.200. The summed E-state index contributed by atoms with van der Waals surface area (Å²) in [4.78, 5) is 23.7. The van der Waals surface area contributed by atoms with Gasteiger partial charge >= 0.3 is 5.97 Å². The fourth-order valence-corrected chi connectivity index (χ4v) is 2.71. The van der Waals surface area contributed by atoms with Gasteiger partial charge in [-0.25, -0.2) is 4.79 Å². The van der Waals surface area contributed by atoms with E-state index in [9.17, 15) is 9.59 Å². The third kappa shape index (κ3) is 3.05. The van der Waals surface area contributed by atoms with E-state index in [-0.39, 0.29) is 5.91 Å². The second-order valence-corrected chi connectivity index (χ2v) is 5.22. The Kier molecular flexibility index (Phi) is 4.53. The number of carbonyl (C=O) groups is 2. The summed E-state index contributed by atoms with van der Waals surface area (Å²) >= 11 is 1.31. The standard InChI is InChI=1S/C15H15NO3S/c1-2-12(15(18)19)16-14(17)13-11(8-9-20-13)10-6-4-3-5-7-10/h3-9,12H,2H2,1H3,(H,16,17)(H,18,19)/t12-/m0/s1. The smallest absolute Gasteiger partial charge is 0.326 e. The zero-order valence-electron chi connectivity index (χ0n) is 11.0. The minimum Gasteiger partial charge on any atom is -0.480 e. The van der Waals surface area contributed by atoms with E-state index in [0.29, 0.717) is 11.3 Å². The zero-order chi connectivity index (χ0) is 14.5. The van der Waals surface area contributed by atoms with E-state index in [4.69, 9.17) is 5.11 Å². The Bertz CT molecular complexity index is 607. The first kappa shape index (κ1) is 14.3. The van der Waals surface area contributed by atoms with Crippen LogP contribution < -0.4 is 5.32 Å². The molecule has 2 rings (SSSR count). The number of benzene rings is 1. The Morgan fingerprint density at radius 2 is 1.95 bits per heavy atom. The van der Waals surface area contributed by atoms with Crippen molar-refractivity contribution in [1.82, 2.24) is 5.32 Å². The number of aliphatic carboxylic acids is 1. The van der Waals surface area contributed by atoms with E-state index in [2.05, 4.69) is 5.32 Å². The van der Waals surface area contributed by atoms with Crippen LogP contribution in [0.1, 0.15) is 23.0 Å². The number of rotatable bonds is 5. The third-order valence-corrected chi connectivity index (χ3v) is 3.88. The predicted molar refractivity (Wildman–Crippen MR) is 78.9 cm³/mol. The lowest BCUT2D eigenvalue weighted by Crippen LogP contribution is -2.40. The average Bonchev–Trinajstić information content (AvgIpc) is 2.94. The summed E-state index contributed by atoms with van der Waals surface area (Å²) in [7, 11) is 0. The molecule has 0 aliphatic heterocycles. The summed E-state index contributed by atoms with van der Waals surface area (Å²) in [5, 5.41) is 13.4. The van der Waals surface area contributed by atoms with Crippen molar-refractivity contribution in [2.75, 3.05) is 0 Å². The fourth-order valence-electron chi connectivity index (χ4n) is 1.89. The Hall–Kier alpha value is -2.14. The second kappa shape index (κ2) is 6.34. The van der Waals surface area contributed by atoms with E-state index < -0.39 is 12.0 Å². The molecule has 20 heavy (non-hydrogen) atoms. The van der Waals surface area contributed by atoms with Crippen LogP contribution >= 0.6 is 11.3 Å². The first-order valence-corrected chi connectivity index (χ1v) is 7.18. The van der Waals surface area contributed by atoms with Crippen molar-refractivity contribution >= 4 is 23.2 Å². The Labute approximate surface area is 121 Å². The molecule has 104 valence electrons. The van der Waals surface area contributed by atoms with Crippen molar-refractivity contribution in [3.8, 4) is 11.1 Å². The first-order chi connectivity index (χ1) is 9.63. The van der Waals surface area contributed by atoms with E-state index in [1.54, 1.807) is 6.92 Å². The van der Waals surface area contributed by atoms with Gasteiger partial charge in [-0.05, 0) is 23.4 Å². The van der Waals surface area contributed by atoms with Crippen LogP contribution in [0.5, 0.6) is 0 Å². The van der Waals surface area contributed by atoms with Gasteiger partial charge in [-0.15, -0.1) is 11.3 Å². The maximum Gasteiger partial charge on any atom is 0.326 e. The molecule has 0 fully saturated rings. The highest BCUT2D eigenvalue weighted by atomic mass is 32.1. The number of hydrogen-bond acceptors (Lipinski definition) is 3. The van der Waals surface area contributed by atoms with E-state index in [0.717, 1.165) is 11.1 Å². The predicted octanol–water partition coefficient (Wildman–Crippen LogP) is 3.01. The molecule has 1 atom stereocenters. The van der Waals surface area contributed by atoms with Gasteiger partial charge in [0.05, 0.1) is 4.88 Å². The van der Waals surface area contributed by atoms with Crippen molar-refractivity contribution in [2.45, 2.75) is 19.4 Å². The quantitative estimate of drug-likeness (QED) is 0.889. The van der Waals surface area contributed by atoms with Gasteiger partial charge in [0.2, 0.25) is 0 Å². The molecular formula is C15H15NO3S. The SMILES string of the molecule is CC[C@H](NC(=O)c1sccc1-c1ccccc1)C(=O)O. The number of amides is 1. The molecule has 1 aromatic heterocycles. The molecule has 0 aliphatic carbocycles. The summed E-state index contributed by atoms with van der Waals surface area (Å²) < 4.78 is 0. The molecule has 1 heterocycles. The van der Waals surface area contributed by atoms with Gasteiger partial charge in [-0.2, -0.15) is 0 Å². The minimum absolute atomic E-state index is 0.340. The van der Waals surface area contributed by atoms with Crippen molar-refractivity contribution in [2.24, 2.45) is 0 Å². The van der Waals surface area contributed by atoms with Gasteiger partial charge < -0.3 is 10.4 Å². The highest BCUT2D eigenvalue weighted by Crippen LogP contribution is 2.28. The Morgan fingerprint density at radius 1 is 1.25 bits per heavy atom. The van der Waals surface area contributed by atoms with Crippen LogP contribution in [0.25, 0.3) is 11.1 Å². The lowest BCUT2D eigenvalue weighted by atomic mass is 10.1. The molecule has 0 radical (unpaired) electrons. The zero-order valence-corrected chi connectivity index (χ0v) is 11.8. The lowest BCUT2D eigenvalue weighted by Gasteiger charge is -2.12. The summed E-state index contributed by atoms with van der Waals surface area (Å²) in [6, 6.07) is 10.6. The summed E-state index contributed by atoms with van der Waals surface area (Å²) in [6.07, 6.45) is 0.354. The summed E-state index contributed by atoms with van der Waals surface area (Å²) in [5.41, 5.74) is 1.77. The molecule has 1 aromatic carbocycles. The Morgan fingerprint density at radius 3 is 2.55 bits per heavy atom. The molecule has 0 bridgehead atoms. The number of hydrogen-bond donors (Lipinski definition) is 2. The molecular weight excluding hydrogens is 274 g/mol. The largest absolute Gasteiger partial charge is 0.480 e. The molecule has 0 saturated heterocycles.